The minimum Gasteiger partial charge on any atom is -0.543 e. The van der Waals surface area contributed by atoms with Crippen molar-refractivity contribution in [2.24, 2.45) is 0 Å². The first-order valence-electron chi connectivity index (χ1n) is 8.79. The molecular weight excluding hydrogens is 348 g/mol. The lowest BCUT2D eigenvalue weighted by Crippen LogP contribution is -2.45. The van der Waals surface area contributed by atoms with Gasteiger partial charge in [-0.3, -0.25) is 0 Å². The number of hydrogen-bond acceptors (Lipinski definition) is 3. The van der Waals surface area contributed by atoms with Crippen LogP contribution >= 0.6 is 0 Å². The lowest BCUT2D eigenvalue weighted by molar-refractivity contribution is -0.133. The molecule has 0 bridgehead atoms. The van der Waals surface area contributed by atoms with Crippen LogP contribution in [0.2, 0.25) is 18.1 Å². The summed E-state index contributed by atoms with van der Waals surface area (Å²) < 4.78 is 6.32. The summed E-state index contributed by atoms with van der Waals surface area (Å²) >= 11 is 0. The summed E-state index contributed by atoms with van der Waals surface area (Å²) in [6, 6.07) is 6.24. The van der Waals surface area contributed by atoms with E-state index < -0.39 is 26.4 Å². The Kier molecular flexibility index (Phi) is 5.51. The second-order valence-electron chi connectivity index (χ2n) is 8.02. The van der Waals surface area contributed by atoms with Crippen LogP contribution in [0.1, 0.15) is 45.7 Å². The fourth-order valence-corrected chi connectivity index (χ4v) is 3.63. The van der Waals surface area contributed by atoms with Crippen LogP contribution in [-0.2, 0) is 4.79 Å². The van der Waals surface area contributed by atoms with E-state index in [0.717, 1.165) is 0 Å². The Morgan fingerprint density at radius 1 is 1.31 bits per heavy atom. The van der Waals surface area contributed by atoms with Gasteiger partial charge in [0.15, 0.2) is 0 Å². The molecule has 1 aliphatic rings. The third kappa shape index (κ3) is 4.09. The first kappa shape index (κ1) is 20.0. The van der Waals surface area contributed by atoms with Crippen molar-refractivity contribution in [3.63, 3.8) is 0 Å². The molecule has 26 heavy (non-hydrogen) atoms. The monoisotopic (exact) mass is 376 g/mol. The molecule has 3 N–H and O–H groups in total. The number of carbonyl (C=O) groups excluding carboxylic acids is 1. The van der Waals surface area contributed by atoms with Crippen LogP contribution in [0, 0.1) is 0 Å². The van der Waals surface area contributed by atoms with Crippen LogP contribution in [0.5, 0.6) is 5.75 Å². The lowest BCUT2D eigenvalue weighted by Gasteiger charge is -2.36. The number of carbonyl (C=O) groups is 2. The maximum Gasteiger partial charge on any atom is 0.335 e. The Hall–Kier alpha value is -2.28. The van der Waals surface area contributed by atoms with Gasteiger partial charge in [-0.05, 0) is 42.2 Å². The molecule has 0 aromatic heterocycles. The van der Waals surface area contributed by atoms with E-state index in [1.807, 2.05) is 31.2 Å². The van der Waals surface area contributed by atoms with E-state index in [9.17, 15) is 14.7 Å². The van der Waals surface area contributed by atoms with E-state index in [0.29, 0.717) is 23.4 Å². The maximum absolute atomic E-state index is 12.0. The van der Waals surface area contributed by atoms with Crippen LogP contribution in [0.15, 0.2) is 35.5 Å². The van der Waals surface area contributed by atoms with E-state index >= 15 is 0 Å². The van der Waals surface area contributed by atoms with Gasteiger partial charge in [-0.1, -0.05) is 39.8 Å². The Morgan fingerprint density at radius 2 is 1.96 bits per heavy atom. The largest absolute Gasteiger partial charge is 0.543 e. The molecule has 0 saturated heterocycles. The number of benzene rings is 1. The summed E-state index contributed by atoms with van der Waals surface area (Å²) in [4.78, 5) is 23.7. The highest BCUT2D eigenvalue weighted by Gasteiger charge is 2.39. The van der Waals surface area contributed by atoms with Crippen LogP contribution in [-0.4, -0.2) is 25.4 Å². The van der Waals surface area contributed by atoms with Crippen LogP contribution in [0.3, 0.4) is 0 Å². The van der Waals surface area contributed by atoms with Crippen molar-refractivity contribution in [1.29, 1.82) is 0 Å². The number of rotatable bonds is 5. The summed E-state index contributed by atoms with van der Waals surface area (Å²) in [5.74, 6) is -0.347. The summed E-state index contributed by atoms with van der Waals surface area (Å²) in [7, 11) is -2.02. The minimum absolute atomic E-state index is 0.0491. The number of carboxylic acid groups (broad SMARTS) is 1. The zero-order valence-electron chi connectivity index (χ0n) is 16.3. The summed E-state index contributed by atoms with van der Waals surface area (Å²) in [6.07, 6.45) is 0.436. The van der Waals surface area contributed by atoms with Gasteiger partial charge in [-0.25, -0.2) is 9.59 Å². The quantitative estimate of drug-likeness (QED) is 0.673. The van der Waals surface area contributed by atoms with E-state index in [4.69, 9.17) is 4.43 Å². The predicted molar refractivity (Wildman–Crippen MR) is 104 cm³/mol. The molecule has 2 rings (SSSR count). The standard InChI is InChI=1S/C19H28N2O4Si/c1-7-14-15(17(22)23)16(21-18(24)20-14)12-9-8-10-13(11-12)25-26(5,6)19(2,3)4/h8-11,16H,7H2,1-6H3,(H,22,23)(H2,20,21,24)/t16-/m0/s1. The highest BCUT2D eigenvalue weighted by Crippen LogP contribution is 2.38. The van der Waals surface area contributed by atoms with Crippen molar-refractivity contribution < 1.29 is 19.1 Å². The third-order valence-corrected chi connectivity index (χ3v) is 9.47. The lowest BCUT2D eigenvalue weighted by atomic mass is 9.94. The van der Waals surface area contributed by atoms with Gasteiger partial charge in [0.25, 0.3) is 0 Å². The van der Waals surface area contributed by atoms with E-state index in [1.54, 1.807) is 0 Å². The van der Waals surface area contributed by atoms with Crippen LogP contribution < -0.4 is 15.1 Å². The normalized spacial score (nSPS) is 18.2. The molecule has 6 nitrogen and oxygen atoms in total. The molecule has 0 aliphatic carbocycles. The molecular formula is C19H28N2O4Si. The molecule has 0 unspecified atom stereocenters. The second-order valence-corrected chi connectivity index (χ2v) is 12.7. The van der Waals surface area contributed by atoms with Crippen molar-refractivity contribution in [3.05, 3.63) is 41.1 Å². The zero-order chi connectivity index (χ0) is 19.7. The number of nitrogens with one attached hydrogen (secondary N) is 2. The molecule has 0 spiro atoms. The Morgan fingerprint density at radius 3 is 2.50 bits per heavy atom. The predicted octanol–water partition coefficient (Wildman–Crippen LogP) is 4.17. The summed E-state index contributed by atoms with van der Waals surface area (Å²) in [5.41, 5.74) is 1.29. The number of carboxylic acids is 1. The molecule has 1 aromatic carbocycles. The van der Waals surface area contributed by atoms with Gasteiger partial charge in [-0.2, -0.15) is 0 Å². The van der Waals surface area contributed by atoms with E-state index in [2.05, 4.69) is 44.5 Å². The minimum atomic E-state index is -2.02. The van der Waals surface area contributed by atoms with Crippen molar-refractivity contribution in [1.82, 2.24) is 10.6 Å². The molecule has 7 heteroatoms. The van der Waals surface area contributed by atoms with Crippen molar-refractivity contribution in [2.45, 2.75) is 58.3 Å². The molecule has 0 radical (unpaired) electrons. The Balaban J connectivity index is 2.43. The fraction of sp³-hybridized carbons (Fsp3) is 0.474. The maximum atomic E-state index is 12.0. The molecule has 1 aliphatic heterocycles. The van der Waals surface area contributed by atoms with Crippen molar-refractivity contribution in [2.75, 3.05) is 0 Å². The number of urea groups is 1. The summed E-state index contributed by atoms with van der Waals surface area (Å²) in [6.45, 7) is 12.6. The van der Waals surface area contributed by atoms with E-state index in [-0.39, 0.29) is 10.6 Å². The van der Waals surface area contributed by atoms with Gasteiger partial charge in [0.05, 0.1) is 11.6 Å². The fourth-order valence-electron chi connectivity index (χ4n) is 2.60. The molecule has 2 amide bonds. The topological polar surface area (TPSA) is 87.7 Å². The first-order chi connectivity index (χ1) is 12.0. The molecule has 1 atom stereocenters. The van der Waals surface area contributed by atoms with Gasteiger partial charge in [0.2, 0.25) is 8.32 Å². The molecule has 1 aromatic rings. The van der Waals surface area contributed by atoms with Gasteiger partial charge < -0.3 is 20.2 Å². The number of amides is 2. The van der Waals surface area contributed by atoms with Crippen LogP contribution in [0.25, 0.3) is 0 Å². The van der Waals surface area contributed by atoms with Gasteiger partial charge >= 0.3 is 12.0 Å². The smallest absolute Gasteiger partial charge is 0.335 e. The van der Waals surface area contributed by atoms with Gasteiger partial charge in [0, 0.05) is 5.70 Å². The first-order valence-corrected chi connectivity index (χ1v) is 11.7. The molecule has 1 heterocycles. The van der Waals surface area contributed by atoms with Gasteiger partial charge in [0.1, 0.15) is 5.75 Å². The number of hydrogen-bond donors (Lipinski definition) is 3. The SMILES string of the molecule is CCC1=C(C(=O)O)[C@H](c2cccc(O[Si](C)(C)C(C)(C)C)c2)NC(=O)N1. The highest BCUT2D eigenvalue weighted by atomic mass is 28.4. The van der Waals surface area contributed by atoms with Crippen LogP contribution in [0.4, 0.5) is 4.79 Å². The average molecular weight is 377 g/mol. The van der Waals surface area contributed by atoms with Gasteiger partial charge in [-0.15, -0.1) is 0 Å². The molecule has 142 valence electrons. The number of aliphatic carboxylic acids is 1. The average Bonchev–Trinajstić information content (AvgIpc) is 2.52. The zero-order valence-corrected chi connectivity index (χ0v) is 17.3. The second kappa shape index (κ2) is 7.15. The third-order valence-electron chi connectivity index (χ3n) is 5.11. The van der Waals surface area contributed by atoms with Crippen molar-refractivity contribution in [3.8, 4) is 5.75 Å². The Labute approximate surface area is 155 Å². The van der Waals surface area contributed by atoms with E-state index in [1.165, 1.54) is 0 Å². The van der Waals surface area contributed by atoms with Crippen molar-refractivity contribution >= 4 is 20.3 Å². The molecule has 0 saturated carbocycles. The Bertz CT molecular complexity index is 750. The molecule has 0 fully saturated rings. The summed E-state index contributed by atoms with van der Waals surface area (Å²) in [5, 5.41) is 15.0. The highest BCUT2D eigenvalue weighted by molar-refractivity contribution is 6.74. The number of allylic oxidation sites excluding steroid dienone is 1.